The standard InChI is InChI=1S/C15H19ClN2O2S/c1-4-5-14-17-15(21(16,19)20)10-18(14)9-13-7-11(2)6-12(3)8-13/h6-8,10H,4-5,9H2,1-3H3. The van der Waals surface area contributed by atoms with Gasteiger partial charge in [0.2, 0.25) is 0 Å². The number of imidazole rings is 1. The van der Waals surface area contributed by atoms with Gasteiger partial charge in [0.1, 0.15) is 5.82 Å². The van der Waals surface area contributed by atoms with Crippen molar-refractivity contribution < 1.29 is 8.42 Å². The zero-order valence-electron chi connectivity index (χ0n) is 12.4. The molecule has 114 valence electrons. The third-order valence-electron chi connectivity index (χ3n) is 3.19. The Hall–Kier alpha value is -1.33. The minimum absolute atomic E-state index is 0.0722. The van der Waals surface area contributed by atoms with E-state index in [0.717, 1.165) is 24.2 Å². The Labute approximate surface area is 130 Å². The van der Waals surface area contributed by atoms with E-state index in [4.69, 9.17) is 10.7 Å². The lowest BCUT2D eigenvalue weighted by Crippen LogP contribution is -2.04. The summed E-state index contributed by atoms with van der Waals surface area (Å²) in [5, 5.41) is -0.0722. The molecule has 0 aliphatic rings. The smallest absolute Gasteiger partial charge is 0.280 e. The highest BCUT2D eigenvalue weighted by Gasteiger charge is 2.17. The number of hydrogen-bond donors (Lipinski definition) is 0. The van der Waals surface area contributed by atoms with Gasteiger partial charge in [-0.2, -0.15) is 0 Å². The molecule has 1 aromatic heterocycles. The quantitative estimate of drug-likeness (QED) is 0.791. The van der Waals surface area contributed by atoms with Gasteiger partial charge in [-0.15, -0.1) is 0 Å². The highest BCUT2D eigenvalue weighted by atomic mass is 35.7. The Balaban J connectivity index is 2.40. The molecule has 0 atom stereocenters. The van der Waals surface area contributed by atoms with Crippen molar-refractivity contribution in [2.45, 2.75) is 45.2 Å². The molecule has 21 heavy (non-hydrogen) atoms. The maximum absolute atomic E-state index is 11.5. The van der Waals surface area contributed by atoms with Gasteiger partial charge in [-0.3, -0.25) is 0 Å². The van der Waals surface area contributed by atoms with Crippen LogP contribution in [0.1, 0.15) is 35.9 Å². The average molecular weight is 327 g/mol. The van der Waals surface area contributed by atoms with E-state index < -0.39 is 9.05 Å². The number of hydrogen-bond acceptors (Lipinski definition) is 3. The van der Waals surface area contributed by atoms with E-state index in [1.54, 1.807) is 0 Å². The van der Waals surface area contributed by atoms with Gasteiger partial charge in [0.15, 0.2) is 5.03 Å². The van der Waals surface area contributed by atoms with Gasteiger partial charge in [0.05, 0.1) is 0 Å². The molecular formula is C15H19ClN2O2S. The zero-order chi connectivity index (χ0) is 15.6. The van der Waals surface area contributed by atoms with E-state index >= 15 is 0 Å². The second kappa shape index (κ2) is 6.20. The van der Waals surface area contributed by atoms with Gasteiger partial charge >= 0.3 is 0 Å². The SMILES string of the molecule is CCCc1nc(S(=O)(=O)Cl)cn1Cc1cc(C)cc(C)c1. The Morgan fingerprint density at radius 1 is 1.19 bits per heavy atom. The maximum atomic E-state index is 11.5. The number of halogens is 1. The van der Waals surface area contributed by atoms with Crippen LogP contribution in [0.5, 0.6) is 0 Å². The van der Waals surface area contributed by atoms with Crippen LogP contribution in [0.15, 0.2) is 29.4 Å². The lowest BCUT2D eigenvalue weighted by molar-refractivity contribution is 0.606. The minimum Gasteiger partial charge on any atom is -0.329 e. The molecule has 0 amide bonds. The second-order valence-electron chi connectivity index (χ2n) is 5.31. The summed E-state index contributed by atoms with van der Waals surface area (Å²) >= 11 is 0. The van der Waals surface area contributed by atoms with Crippen LogP contribution in [0, 0.1) is 13.8 Å². The molecule has 0 fully saturated rings. The summed E-state index contributed by atoms with van der Waals surface area (Å²) in [5.41, 5.74) is 3.50. The van der Waals surface area contributed by atoms with Gasteiger partial charge in [-0.05, 0) is 25.8 Å². The van der Waals surface area contributed by atoms with Crippen LogP contribution in [0.25, 0.3) is 0 Å². The molecule has 0 radical (unpaired) electrons. The first-order valence-corrected chi connectivity index (χ1v) is 9.18. The number of benzene rings is 1. The van der Waals surface area contributed by atoms with Crippen molar-refractivity contribution >= 4 is 19.7 Å². The molecule has 2 rings (SSSR count). The summed E-state index contributed by atoms with van der Waals surface area (Å²) in [4.78, 5) is 4.16. The normalized spacial score (nSPS) is 11.8. The van der Waals surface area contributed by atoms with Crippen LogP contribution in [0.2, 0.25) is 0 Å². The van der Waals surface area contributed by atoms with E-state index in [9.17, 15) is 8.42 Å². The van der Waals surface area contributed by atoms with Crippen molar-refractivity contribution in [3.8, 4) is 0 Å². The molecule has 0 bridgehead atoms. The van der Waals surface area contributed by atoms with Gasteiger partial charge in [-0.1, -0.05) is 36.2 Å². The average Bonchev–Trinajstić information content (AvgIpc) is 2.71. The summed E-state index contributed by atoms with van der Waals surface area (Å²) in [6.45, 7) is 6.72. The summed E-state index contributed by atoms with van der Waals surface area (Å²) in [6.07, 6.45) is 3.13. The molecule has 0 N–H and O–H groups in total. The second-order valence-corrected chi connectivity index (χ2v) is 7.82. The van der Waals surface area contributed by atoms with E-state index in [-0.39, 0.29) is 5.03 Å². The monoisotopic (exact) mass is 326 g/mol. The van der Waals surface area contributed by atoms with Gasteiger partial charge in [0, 0.05) is 29.8 Å². The largest absolute Gasteiger partial charge is 0.329 e. The summed E-state index contributed by atoms with van der Waals surface area (Å²) in [6, 6.07) is 6.30. The lowest BCUT2D eigenvalue weighted by Gasteiger charge is -2.09. The molecule has 1 heterocycles. The van der Waals surface area contributed by atoms with Crippen LogP contribution < -0.4 is 0 Å². The van der Waals surface area contributed by atoms with E-state index in [1.807, 2.05) is 25.3 Å². The first-order chi connectivity index (χ1) is 9.79. The van der Waals surface area contributed by atoms with Crippen molar-refractivity contribution in [1.82, 2.24) is 9.55 Å². The van der Waals surface area contributed by atoms with Gasteiger partial charge in [0.25, 0.3) is 9.05 Å². The Bertz CT molecular complexity index is 731. The van der Waals surface area contributed by atoms with Crippen LogP contribution in [-0.4, -0.2) is 18.0 Å². The minimum atomic E-state index is -3.79. The van der Waals surface area contributed by atoms with Crippen molar-refractivity contribution in [1.29, 1.82) is 0 Å². The van der Waals surface area contributed by atoms with Crippen LogP contribution in [0.3, 0.4) is 0 Å². The van der Waals surface area contributed by atoms with Crippen LogP contribution >= 0.6 is 10.7 Å². The molecule has 0 spiro atoms. The molecule has 0 saturated carbocycles. The van der Waals surface area contributed by atoms with E-state index in [2.05, 4.69) is 23.2 Å². The Morgan fingerprint density at radius 3 is 2.33 bits per heavy atom. The lowest BCUT2D eigenvalue weighted by atomic mass is 10.1. The van der Waals surface area contributed by atoms with Gasteiger partial charge < -0.3 is 4.57 Å². The van der Waals surface area contributed by atoms with Crippen molar-refractivity contribution in [2.24, 2.45) is 0 Å². The third-order valence-corrected chi connectivity index (χ3v) is 4.37. The Kier molecular flexibility index (Phi) is 4.74. The highest BCUT2D eigenvalue weighted by molar-refractivity contribution is 8.13. The maximum Gasteiger partial charge on any atom is 0.280 e. The number of rotatable bonds is 5. The fourth-order valence-electron chi connectivity index (χ4n) is 2.46. The van der Waals surface area contributed by atoms with Gasteiger partial charge in [-0.25, -0.2) is 13.4 Å². The third kappa shape index (κ3) is 4.08. The molecule has 4 nitrogen and oxygen atoms in total. The number of nitrogens with zero attached hydrogens (tertiary/aromatic N) is 2. The first-order valence-electron chi connectivity index (χ1n) is 6.87. The molecule has 0 saturated heterocycles. The zero-order valence-corrected chi connectivity index (χ0v) is 14.0. The van der Waals surface area contributed by atoms with Crippen molar-refractivity contribution in [2.75, 3.05) is 0 Å². The summed E-state index contributed by atoms with van der Waals surface area (Å²) in [5.74, 6) is 0.746. The fourth-order valence-corrected chi connectivity index (χ4v) is 3.15. The molecule has 1 aromatic carbocycles. The number of aromatic nitrogens is 2. The predicted octanol–water partition coefficient (Wildman–Crippen LogP) is 3.43. The first kappa shape index (κ1) is 16.0. The molecule has 6 heteroatoms. The number of aryl methyl sites for hydroxylation is 3. The topological polar surface area (TPSA) is 52.0 Å². The van der Waals surface area contributed by atoms with Crippen molar-refractivity contribution in [3.63, 3.8) is 0 Å². The summed E-state index contributed by atoms with van der Waals surface area (Å²) in [7, 11) is 1.60. The molecule has 0 aliphatic carbocycles. The van der Waals surface area contributed by atoms with Crippen LogP contribution in [-0.2, 0) is 22.0 Å². The molecular weight excluding hydrogens is 308 g/mol. The summed E-state index contributed by atoms with van der Waals surface area (Å²) < 4.78 is 24.8. The van der Waals surface area contributed by atoms with Crippen molar-refractivity contribution in [3.05, 3.63) is 46.9 Å². The van der Waals surface area contributed by atoms with E-state index in [1.165, 1.54) is 17.3 Å². The van der Waals surface area contributed by atoms with E-state index in [0.29, 0.717) is 6.54 Å². The molecule has 0 unspecified atom stereocenters. The fraction of sp³-hybridized carbons (Fsp3) is 0.400. The highest BCUT2D eigenvalue weighted by Crippen LogP contribution is 2.18. The predicted molar refractivity (Wildman–Crippen MR) is 84.3 cm³/mol. The van der Waals surface area contributed by atoms with Crippen LogP contribution in [0.4, 0.5) is 0 Å². The Morgan fingerprint density at radius 2 is 1.81 bits per heavy atom. The molecule has 0 aliphatic heterocycles. The molecule has 2 aromatic rings.